The Bertz CT molecular complexity index is 660. The van der Waals surface area contributed by atoms with E-state index in [1.54, 1.807) is 17.1 Å². The lowest BCUT2D eigenvalue weighted by atomic mass is 10.1. The highest BCUT2D eigenvalue weighted by atomic mass is 16.1. The first-order valence-electron chi connectivity index (χ1n) is 6.64. The van der Waals surface area contributed by atoms with Crippen LogP contribution in [-0.2, 0) is 0 Å². The van der Waals surface area contributed by atoms with E-state index in [2.05, 4.69) is 20.0 Å². The lowest BCUT2D eigenvalue weighted by Crippen LogP contribution is -2.48. The molecule has 1 amide bonds. The quantitative estimate of drug-likeness (QED) is 0.844. The number of primary amides is 1. The third-order valence-electron chi connectivity index (χ3n) is 3.47. The van der Waals surface area contributed by atoms with Gasteiger partial charge in [0.15, 0.2) is 0 Å². The van der Waals surface area contributed by atoms with Crippen LogP contribution in [0.1, 0.15) is 16.4 Å². The van der Waals surface area contributed by atoms with E-state index in [0.717, 1.165) is 18.9 Å². The molecule has 21 heavy (non-hydrogen) atoms. The number of carbonyl (C=O) groups is 1. The Balaban J connectivity index is 1.67. The number of nitrogens with zero attached hydrogens (tertiary/aromatic N) is 6. The van der Waals surface area contributed by atoms with Crippen molar-refractivity contribution in [3.8, 4) is 0 Å². The van der Waals surface area contributed by atoms with Crippen molar-refractivity contribution in [2.24, 2.45) is 5.73 Å². The van der Waals surface area contributed by atoms with Crippen molar-refractivity contribution in [3.05, 3.63) is 30.2 Å². The molecule has 110 valence electrons. The number of aromatic nitrogens is 4. The minimum Gasteiger partial charge on any atom is -0.366 e. The Hall–Kier alpha value is -2.64. The molecule has 8 heteroatoms. The van der Waals surface area contributed by atoms with Gasteiger partial charge in [0.1, 0.15) is 5.82 Å². The molecule has 0 spiro atoms. The van der Waals surface area contributed by atoms with Crippen molar-refractivity contribution in [3.63, 3.8) is 0 Å². The highest BCUT2D eigenvalue weighted by Crippen LogP contribution is 2.26. The topological polar surface area (TPSA) is 93.2 Å². The Morgan fingerprint density at radius 3 is 2.81 bits per heavy atom. The Morgan fingerprint density at radius 2 is 2.19 bits per heavy atom. The SMILES string of the molecule is CN(C)c1nccc(N2CC(n3cc(C(N)=O)cn3)C2)n1. The first-order chi connectivity index (χ1) is 10.0. The first kappa shape index (κ1) is 13.3. The number of anilines is 2. The van der Waals surface area contributed by atoms with Gasteiger partial charge < -0.3 is 15.5 Å². The molecule has 1 saturated heterocycles. The average molecular weight is 287 g/mol. The van der Waals surface area contributed by atoms with Crippen molar-refractivity contribution < 1.29 is 4.79 Å². The fourth-order valence-corrected chi connectivity index (χ4v) is 2.21. The summed E-state index contributed by atoms with van der Waals surface area (Å²) in [7, 11) is 3.82. The van der Waals surface area contributed by atoms with Crippen LogP contribution < -0.4 is 15.5 Å². The van der Waals surface area contributed by atoms with E-state index in [-0.39, 0.29) is 6.04 Å². The van der Waals surface area contributed by atoms with Gasteiger partial charge in [0.25, 0.3) is 5.91 Å². The standard InChI is InChI=1S/C13H17N7O/c1-18(2)13-15-4-3-11(17-13)19-7-10(8-19)20-6-9(5-16-20)12(14)21/h3-6,10H,7-8H2,1-2H3,(H2,14,21). The third-order valence-corrected chi connectivity index (χ3v) is 3.47. The van der Waals surface area contributed by atoms with Gasteiger partial charge in [-0.15, -0.1) is 0 Å². The number of nitrogens with two attached hydrogens (primary N) is 1. The highest BCUT2D eigenvalue weighted by Gasteiger charge is 2.30. The molecule has 0 atom stereocenters. The van der Waals surface area contributed by atoms with Crippen LogP contribution in [0, 0.1) is 0 Å². The molecule has 0 aromatic carbocycles. The van der Waals surface area contributed by atoms with Gasteiger partial charge in [-0.2, -0.15) is 10.1 Å². The van der Waals surface area contributed by atoms with E-state index in [1.165, 1.54) is 6.20 Å². The monoisotopic (exact) mass is 287 g/mol. The van der Waals surface area contributed by atoms with Crippen molar-refractivity contribution in [1.82, 2.24) is 19.7 Å². The van der Waals surface area contributed by atoms with Gasteiger partial charge in [-0.05, 0) is 6.07 Å². The lowest BCUT2D eigenvalue weighted by Gasteiger charge is -2.40. The summed E-state index contributed by atoms with van der Waals surface area (Å²) in [5, 5.41) is 4.18. The van der Waals surface area contributed by atoms with Crippen molar-refractivity contribution in [1.29, 1.82) is 0 Å². The summed E-state index contributed by atoms with van der Waals surface area (Å²) in [4.78, 5) is 23.8. The molecule has 8 nitrogen and oxygen atoms in total. The second-order valence-electron chi connectivity index (χ2n) is 5.24. The predicted octanol–water partition coefficient (Wildman–Crippen LogP) is -0.101. The van der Waals surface area contributed by atoms with Crippen LogP contribution in [0.2, 0.25) is 0 Å². The van der Waals surface area contributed by atoms with E-state index < -0.39 is 5.91 Å². The molecule has 3 rings (SSSR count). The summed E-state index contributed by atoms with van der Waals surface area (Å²) in [6, 6.07) is 2.12. The minimum absolute atomic E-state index is 0.232. The minimum atomic E-state index is -0.455. The fraction of sp³-hybridized carbons (Fsp3) is 0.385. The third kappa shape index (κ3) is 2.51. The van der Waals surface area contributed by atoms with Crippen LogP contribution in [0.4, 0.5) is 11.8 Å². The highest BCUT2D eigenvalue weighted by molar-refractivity contribution is 5.92. The van der Waals surface area contributed by atoms with Crippen molar-refractivity contribution >= 4 is 17.7 Å². The Morgan fingerprint density at radius 1 is 1.43 bits per heavy atom. The van der Waals surface area contributed by atoms with Crippen LogP contribution in [0.25, 0.3) is 0 Å². The molecule has 1 aliphatic rings. The molecule has 1 aliphatic heterocycles. The molecule has 0 saturated carbocycles. The van der Waals surface area contributed by atoms with Gasteiger partial charge in [0, 0.05) is 39.6 Å². The molecular formula is C13H17N7O. The van der Waals surface area contributed by atoms with Gasteiger partial charge in [-0.1, -0.05) is 0 Å². The largest absolute Gasteiger partial charge is 0.366 e. The second-order valence-corrected chi connectivity index (χ2v) is 5.24. The number of rotatable bonds is 4. The Labute approximate surface area is 122 Å². The van der Waals surface area contributed by atoms with Crippen LogP contribution in [-0.4, -0.2) is 52.8 Å². The zero-order valence-corrected chi connectivity index (χ0v) is 12.0. The van der Waals surface area contributed by atoms with E-state index in [9.17, 15) is 4.79 Å². The second kappa shape index (κ2) is 5.04. The molecule has 0 radical (unpaired) electrons. The summed E-state index contributed by atoms with van der Waals surface area (Å²) in [6.07, 6.45) is 4.94. The molecule has 2 aromatic heterocycles. The Kier molecular flexibility index (Phi) is 3.20. The maximum absolute atomic E-state index is 11.1. The van der Waals surface area contributed by atoms with E-state index in [1.807, 2.05) is 25.1 Å². The van der Waals surface area contributed by atoms with Crippen LogP contribution in [0.5, 0.6) is 0 Å². The fourth-order valence-electron chi connectivity index (χ4n) is 2.21. The van der Waals surface area contributed by atoms with Crippen molar-refractivity contribution in [2.75, 3.05) is 37.0 Å². The summed E-state index contributed by atoms with van der Waals surface area (Å²) in [5.41, 5.74) is 5.66. The normalized spacial score (nSPS) is 14.9. The molecule has 0 unspecified atom stereocenters. The first-order valence-corrected chi connectivity index (χ1v) is 6.64. The molecule has 3 heterocycles. The molecule has 0 aliphatic carbocycles. The summed E-state index contributed by atoms with van der Waals surface area (Å²) in [5.74, 6) is 1.13. The average Bonchev–Trinajstić information content (AvgIpc) is 2.87. The van der Waals surface area contributed by atoms with Crippen LogP contribution >= 0.6 is 0 Å². The van der Waals surface area contributed by atoms with Gasteiger partial charge in [-0.25, -0.2) is 4.98 Å². The van der Waals surface area contributed by atoms with Gasteiger partial charge in [0.2, 0.25) is 5.95 Å². The van der Waals surface area contributed by atoms with E-state index in [0.29, 0.717) is 11.5 Å². The molecule has 2 N–H and O–H groups in total. The van der Waals surface area contributed by atoms with E-state index >= 15 is 0 Å². The number of hydrogen-bond donors (Lipinski definition) is 1. The molecule has 1 fully saturated rings. The van der Waals surface area contributed by atoms with Crippen LogP contribution in [0.3, 0.4) is 0 Å². The van der Waals surface area contributed by atoms with E-state index in [4.69, 9.17) is 5.73 Å². The maximum Gasteiger partial charge on any atom is 0.251 e. The summed E-state index contributed by atoms with van der Waals surface area (Å²) < 4.78 is 1.78. The number of amides is 1. The molecular weight excluding hydrogens is 270 g/mol. The smallest absolute Gasteiger partial charge is 0.251 e. The van der Waals surface area contributed by atoms with Gasteiger partial charge in [0.05, 0.1) is 17.8 Å². The van der Waals surface area contributed by atoms with Crippen molar-refractivity contribution in [2.45, 2.75) is 6.04 Å². The number of hydrogen-bond acceptors (Lipinski definition) is 6. The molecule has 0 bridgehead atoms. The predicted molar refractivity (Wildman–Crippen MR) is 78.4 cm³/mol. The summed E-state index contributed by atoms with van der Waals surface area (Å²) >= 11 is 0. The zero-order valence-electron chi connectivity index (χ0n) is 12.0. The molecule has 2 aromatic rings. The maximum atomic E-state index is 11.1. The van der Waals surface area contributed by atoms with Gasteiger partial charge >= 0.3 is 0 Å². The summed E-state index contributed by atoms with van der Waals surface area (Å²) in [6.45, 7) is 1.59. The van der Waals surface area contributed by atoms with Gasteiger partial charge in [-0.3, -0.25) is 9.48 Å². The zero-order chi connectivity index (χ0) is 15.0. The number of carbonyl (C=O) groups excluding carboxylic acids is 1. The lowest BCUT2D eigenvalue weighted by molar-refractivity contribution is 0.1000. The van der Waals surface area contributed by atoms with Crippen LogP contribution in [0.15, 0.2) is 24.7 Å².